The Balaban J connectivity index is 0.000000220. The lowest BCUT2D eigenvalue weighted by Crippen LogP contribution is -2.12. The van der Waals surface area contributed by atoms with E-state index in [9.17, 15) is 13.2 Å². The number of aryl methyl sites for hydroxylation is 1. The Morgan fingerprint density at radius 3 is 2.50 bits per heavy atom. The number of thiophene rings is 1. The molecule has 0 radical (unpaired) electrons. The van der Waals surface area contributed by atoms with Crippen LogP contribution in [-0.2, 0) is 10.1 Å². The molecule has 0 bridgehead atoms. The Hall–Kier alpha value is -1.48. The van der Waals surface area contributed by atoms with E-state index in [-0.39, 0.29) is 5.91 Å². The van der Waals surface area contributed by atoms with Crippen LogP contribution in [0.4, 0.5) is 0 Å². The Morgan fingerprint density at radius 1 is 1.36 bits per heavy atom. The van der Waals surface area contributed by atoms with Gasteiger partial charge in [-0.25, -0.2) is 0 Å². The smallest absolute Gasteiger partial charge is 0.287 e. The maximum absolute atomic E-state index is 10.7. The summed E-state index contributed by atoms with van der Waals surface area (Å²) in [6.45, 7) is 1.85. The summed E-state index contributed by atoms with van der Waals surface area (Å²) in [6, 6.07) is 7.13. The molecule has 0 aliphatic rings. The number of rotatable bonds is 3. The van der Waals surface area contributed by atoms with Crippen LogP contribution in [0, 0.1) is 6.92 Å². The lowest BCUT2D eigenvalue weighted by Gasteiger charge is -2.00. The summed E-state index contributed by atoms with van der Waals surface area (Å²) in [5, 5.41) is 4.36. The number of primary amides is 1. The van der Waals surface area contributed by atoms with E-state index in [4.69, 9.17) is 10.3 Å². The van der Waals surface area contributed by atoms with Gasteiger partial charge in [0.2, 0.25) is 5.91 Å². The molecule has 1 aromatic heterocycles. The number of halogens is 1. The van der Waals surface area contributed by atoms with Crippen molar-refractivity contribution in [3.63, 3.8) is 0 Å². The summed E-state index contributed by atoms with van der Waals surface area (Å²) in [5.41, 5.74) is 7.35. The average Bonchev–Trinajstić information content (AvgIpc) is 2.89. The fourth-order valence-electron chi connectivity index (χ4n) is 1.44. The number of carbonyl (C=O) groups excluding carboxylic acids is 1. The highest BCUT2D eigenvalue weighted by atomic mass is 79.9. The monoisotopic (exact) mass is 403 g/mol. The Bertz CT molecular complexity index is 768. The van der Waals surface area contributed by atoms with Gasteiger partial charge in [0.1, 0.15) is 0 Å². The number of amides is 1. The van der Waals surface area contributed by atoms with E-state index in [2.05, 4.69) is 15.9 Å². The first-order valence-corrected chi connectivity index (χ1v) is 9.16. The number of benzene rings is 1. The number of hydrogen-bond acceptors (Lipinski definition) is 4. The molecule has 1 heterocycles. The number of carbonyl (C=O) groups is 1. The van der Waals surface area contributed by atoms with Crippen LogP contribution in [0.2, 0.25) is 0 Å². The van der Waals surface area contributed by atoms with Crippen molar-refractivity contribution in [2.45, 2.75) is 6.92 Å². The first kappa shape index (κ1) is 18.6. The summed E-state index contributed by atoms with van der Waals surface area (Å²) in [6.07, 6.45) is 1.34. The average molecular weight is 404 g/mol. The van der Waals surface area contributed by atoms with Gasteiger partial charge in [-0.05, 0) is 59.2 Å². The summed E-state index contributed by atoms with van der Waals surface area (Å²) in [7, 11) is -3.98. The largest absolute Gasteiger partial charge is 0.366 e. The van der Waals surface area contributed by atoms with E-state index in [1.54, 1.807) is 23.6 Å². The van der Waals surface area contributed by atoms with Crippen LogP contribution in [0.25, 0.3) is 6.08 Å². The van der Waals surface area contributed by atoms with Crippen molar-refractivity contribution in [2.24, 2.45) is 5.73 Å². The van der Waals surface area contributed by atoms with Gasteiger partial charge in [-0.3, -0.25) is 9.35 Å². The van der Waals surface area contributed by atoms with E-state index in [0.29, 0.717) is 5.56 Å². The van der Waals surface area contributed by atoms with E-state index < -0.39 is 10.1 Å². The number of nitrogens with two attached hydrogens (primary N) is 1. The number of hydrogen-bond donors (Lipinski definition) is 2. The second kappa shape index (κ2) is 8.23. The van der Waals surface area contributed by atoms with Crippen molar-refractivity contribution in [2.75, 3.05) is 0 Å². The third-order valence-corrected chi connectivity index (χ3v) is 4.10. The third kappa shape index (κ3) is 6.99. The molecule has 5 nitrogen and oxygen atoms in total. The van der Waals surface area contributed by atoms with Crippen molar-refractivity contribution >= 4 is 49.4 Å². The molecular formula is C14H14BrNO4S2. The standard InChI is InChI=1S/C8H8BrNO.C6H6O3S2/c1-5-4-6(9)2-3-7(5)8(10)11;7-11(8,9)4-2-6-1-3-10-5-6/h2-4H,1H3,(H2,10,11);1-5H,(H,7,8,9)/b;4-2+. The van der Waals surface area contributed by atoms with Crippen LogP contribution in [0.1, 0.15) is 21.5 Å². The minimum atomic E-state index is -3.98. The lowest BCUT2D eigenvalue weighted by atomic mass is 10.1. The zero-order chi connectivity index (χ0) is 16.8. The van der Waals surface area contributed by atoms with Crippen molar-refractivity contribution in [1.82, 2.24) is 0 Å². The van der Waals surface area contributed by atoms with Gasteiger partial charge in [-0.15, -0.1) is 0 Å². The van der Waals surface area contributed by atoms with Crippen LogP contribution in [-0.4, -0.2) is 18.9 Å². The molecular weight excluding hydrogens is 390 g/mol. The minimum Gasteiger partial charge on any atom is -0.366 e. The SMILES string of the molecule is Cc1cc(Br)ccc1C(N)=O.O=S(=O)(O)/C=C/c1ccsc1. The highest BCUT2D eigenvalue weighted by Gasteiger charge is 2.03. The van der Waals surface area contributed by atoms with Gasteiger partial charge in [0.15, 0.2) is 0 Å². The molecule has 118 valence electrons. The Kier molecular flexibility index (Phi) is 6.95. The Labute approximate surface area is 141 Å². The molecule has 2 aromatic rings. The second-order valence-electron chi connectivity index (χ2n) is 4.20. The molecule has 0 fully saturated rings. The zero-order valence-corrected chi connectivity index (χ0v) is 14.8. The molecule has 1 aromatic carbocycles. The predicted octanol–water partition coefficient (Wildman–Crippen LogP) is 3.46. The van der Waals surface area contributed by atoms with Gasteiger partial charge in [-0.1, -0.05) is 15.9 Å². The van der Waals surface area contributed by atoms with Crippen molar-refractivity contribution in [3.8, 4) is 0 Å². The molecule has 0 spiro atoms. The van der Waals surface area contributed by atoms with Gasteiger partial charge in [0.05, 0.1) is 5.41 Å². The second-order valence-corrected chi connectivity index (χ2v) is 7.20. The molecule has 0 saturated carbocycles. The zero-order valence-electron chi connectivity index (χ0n) is 11.6. The maximum Gasteiger partial charge on any atom is 0.287 e. The predicted molar refractivity (Wildman–Crippen MR) is 92.3 cm³/mol. The van der Waals surface area contributed by atoms with Crippen molar-refractivity contribution < 1.29 is 17.8 Å². The summed E-state index contributed by atoms with van der Waals surface area (Å²) >= 11 is 4.76. The molecule has 0 unspecified atom stereocenters. The fraction of sp³-hybridized carbons (Fsp3) is 0.0714. The van der Waals surface area contributed by atoms with Crippen molar-refractivity contribution in [3.05, 3.63) is 61.6 Å². The molecule has 1 amide bonds. The first-order valence-electron chi connectivity index (χ1n) is 5.93. The van der Waals surface area contributed by atoms with Gasteiger partial charge in [-0.2, -0.15) is 19.8 Å². The van der Waals surface area contributed by atoms with Crippen LogP contribution in [0.3, 0.4) is 0 Å². The summed E-state index contributed by atoms with van der Waals surface area (Å²) in [5.74, 6) is -0.380. The molecule has 0 atom stereocenters. The normalized spacial score (nSPS) is 11.0. The molecule has 2 rings (SSSR count). The first-order chi connectivity index (χ1) is 10.2. The molecule has 22 heavy (non-hydrogen) atoms. The van der Waals surface area contributed by atoms with Gasteiger partial charge in [0, 0.05) is 10.0 Å². The topological polar surface area (TPSA) is 97.5 Å². The molecule has 3 N–H and O–H groups in total. The summed E-state index contributed by atoms with van der Waals surface area (Å²) in [4.78, 5) is 10.7. The van der Waals surface area contributed by atoms with Crippen LogP contribution >= 0.6 is 27.3 Å². The fourth-order valence-corrected chi connectivity index (χ4v) is 2.87. The van der Waals surface area contributed by atoms with Crippen LogP contribution < -0.4 is 5.73 Å². The van der Waals surface area contributed by atoms with Crippen LogP contribution in [0.15, 0.2) is 44.9 Å². The lowest BCUT2D eigenvalue weighted by molar-refractivity contribution is 0.0999. The van der Waals surface area contributed by atoms with Gasteiger partial charge in [0.25, 0.3) is 10.1 Å². The van der Waals surface area contributed by atoms with Gasteiger partial charge < -0.3 is 5.73 Å². The maximum atomic E-state index is 10.7. The third-order valence-electron chi connectivity index (χ3n) is 2.43. The Morgan fingerprint density at radius 2 is 2.05 bits per heavy atom. The highest BCUT2D eigenvalue weighted by Crippen LogP contribution is 2.15. The van der Waals surface area contributed by atoms with Crippen molar-refractivity contribution in [1.29, 1.82) is 0 Å². The van der Waals surface area contributed by atoms with E-state index >= 15 is 0 Å². The minimum absolute atomic E-state index is 0.380. The van der Waals surface area contributed by atoms with E-state index in [0.717, 1.165) is 21.0 Å². The quantitative estimate of drug-likeness (QED) is 0.766. The van der Waals surface area contributed by atoms with E-state index in [1.165, 1.54) is 17.4 Å². The molecule has 0 aliphatic heterocycles. The molecule has 0 saturated heterocycles. The summed E-state index contributed by atoms with van der Waals surface area (Å²) < 4.78 is 29.7. The highest BCUT2D eigenvalue weighted by molar-refractivity contribution is 9.10. The van der Waals surface area contributed by atoms with Gasteiger partial charge >= 0.3 is 0 Å². The van der Waals surface area contributed by atoms with E-state index in [1.807, 2.05) is 18.4 Å². The molecule has 8 heteroatoms. The van der Waals surface area contributed by atoms with Crippen LogP contribution in [0.5, 0.6) is 0 Å². The molecule has 0 aliphatic carbocycles.